The SMILES string of the molecule is CCc1cc(C(=O)NC(C)C(C)C(=O)O)n[nH]1. The smallest absolute Gasteiger partial charge is 0.308 e. The van der Waals surface area contributed by atoms with E-state index in [2.05, 4.69) is 15.5 Å². The number of carboxylic acid groups (broad SMARTS) is 1. The summed E-state index contributed by atoms with van der Waals surface area (Å²) in [7, 11) is 0. The fourth-order valence-corrected chi connectivity index (χ4v) is 1.28. The lowest BCUT2D eigenvalue weighted by atomic mass is 10.0. The Morgan fingerprint density at radius 2 is 2.18 bits per heavy atom. The number of aryl methyl sites for hydroxylation is 1. The lowest BCUT2D eigenvalue weighted by Crippen LogP contribution is -2.40. The lowest BCUT2D eigenvalue weighted by molar-refractivity contribution is -0.141. The Labute approximate surface area is 99.4 Å². The summed E-state index contributed by atoms with van der Waals surface area (Å²) in [6, 6.07) is 1.22. The Morgan fingerprint density at radius 3 is 2.65 bits per heavy atom. The minimum Gasteiger partial charge on any atom is -0.481 e. The van der Waals surface area contributed by atoms with E-state index in [4.69, 9.17) is 5.11 Å². The van der Waals surface area contributed by atoms with Gasteiger partial charge in [-0.15, -0.1) is 0 Å². The molecule has 0 aromatic carbocycles. The van der Waals surface area contributed by atoms with Gasteiger partial charge in [0.1, 0.15) is 5.69 Å². The molecule has 0 fully saturated rings. The lowest BCUT2D eigenvalue weighted by Gasteiger charge is -2.16. The van der Waals surface area contributed by atoms with Crippen LogP contribution >= 0.6 is 0 Å². The first-order valence-electron chi connectivity index (χ1n) is 5.53. The Morgan fingerprint density at radius 1 is 1.53 bits per heavy atom. The zero-order chi connectivity index (χ0) is 13.0. The normalized spacial score (nSPS) is 14.1. The van der Waals surface area contributed by atoms with E-state index in [-0.39, 0.29) is 11.6 Å². The number of nitrogens with zero attached hydrogens (tertiary/aromatic N) is 1. The standard InChI is InChI=1S/C11H17N3O3/c1-4-8-5-9(14-13-8)10(15)12-7(3)6(2)11(16)17/h5-7H,4H2,1-3H3,(H,12,15)(H,13,14)(H,16,17). The first-order chi connectivity index (χ1) is 7.95. The highest BCUT2D eigenvalue weighted by Gasteiger charge is 2.22. The first-order valence-corrected chi connectivity index (χ1v) is 5.53. The molecule has 0 spiro atoms. The second-order valence-corrected chi connectivity index (χ2v) is 4.02. The largest absolute Gasteiger partial charge is 0.481 e. The van der Waals surface area contributed by atoms with Crippen LogP contribution in [-0.2, 0) is 11.2 Å². The van der Waals surface area contributed by atoms with Crippen molar-refractivity contribution in [1.29, 1.82) is 0 Å². The number of hydrogen-bond acceptors (Lipinski definition) is 3. The van der Waals surface area contributed by atoms with Crippen molar-refractivity contribution in [3.8, 4) is 0 Å². The minimum atomic E-state index is -0.936. The molecule has 3 N–H and O–H groups in total. The summed E-state index contributed by atoms with van der Waals surface area (Å²) in [6.45, 7) is 5.16. The van der Waals surface area contributed by atoms with E-state index in [0.717, 1.165) is 12.1 Å². The molecule has 1 amide bonds. The predicted octanol–water partition coefficient (Wildman–Crippen LogP) is 0.811. The first kappa shape index (κ1) is 13.2. The number of carboxylic acids is 1. The summed E-state index contributed by atoms with van der Waals surface area (Å²) in [4.78, 5) is 22.5. The molecule has 1 aromatic heterocycles. The molecule has 2 unspecified atom stereocenters. The number of aromatic nitrogens is 2. The van der Waals surface area contributed by atoms with Crippen LogP contribution in [0.1, 0.15) is 37.0 Å². The number of H-pyrrole nitrogens is 1. The highest BCUT2D eigenvalue weighted by atomic mass is 16.4. The van der Waals surface area contributed by atoms with Crippen LogP contribution in [0.5, 0.6) is 0 Å². The van der Waals surface area contributed by atoms with E-state index in [9.17, 15) is 9.59 Å². The summed E-state index contributed by atoms with van der Waals surface area (Å²) >= 11 is 0. The predicted molar refractivity (Wildman–Crippen MR) is 61.7 cm³/mol. The van der Waals surface area contributed by atoms with Crippen LogP contribution in [0.2, 0.25) is 0 Å². The monoisotopic (exact) mass is 239 g/mol. The van der Waals surface area contributed by atoms with Crippen molar-refractivity contribution in [3.05, 3.63) is 17.5 Å². The summed E-state index contributed by atoms with van der Waals surface area (Å²) in [5.74, 6) is -1.93. The molecule has 1 aromatic rings. The molecule has 0 aliphatic heterocycles. The van der Waals surface area contributed by atoms with Crippen molar-refractivity contribution in [2.45, 2.75) is 33.2 Å². The molecule has 0 bridgehead atoms. The number of aliphatic carboxylic acids is 1. The third-order valence-electron chi connectivity index (χ3n) is 2.74. The van der Waals surface area contributed by atoms with Crippen molar-refractivity contribution < 1.29 is 14.7 Å². The topological polar surface area (TPSA) is 95.1 Å². The summed E-state index contributed by atoms with van der Waals surface area (Å²) < 4.78 is 0. The van der Waals surface area contributed by atoms with Gasteiger partial charge in [0.05, 0.1) is 5.92 Å². The zero-order valence-electron chi connectivity index (χ0n) is 10.2. The Kier molecular flexibility index (Phi) is 4.25. The molecule has 0 aliphatic carbocycles. The van der Waals surface area contributed by atoms with Gasteiger partial charge in [-0.25, -0.2) is 0 Å². The number of amides is 1. The molecule has 0 saturated carbocycles. The van der Waals surface area contributed by atoms with E-state index >= 15 is 0 Å². The van der Waals surface area contributed by atoms with Crippen molar-refractivity contribution >= 4 is 11.9 Å². The maximum absolute atomic E-state index is 11.7. The van der Waals surface area contributed by atoms with Crippen molar-refractivity contribution in [3.63, 3.8) is 0 Å². The van der Waals surface area contributed by atoms with Crippen molar-refractivity contribution in [2.24, 2.45) is 5.92 Å². The van der Waals surface area contributed by atoms with Gasteiger partial charge in [0, 0.05) is 11.7 Å². The molecule has 1 heterocycles. The fourth-order valence-electron chi connectivity index (χ4n) is 1.28. The number of rotatable bonds is 5. The highest BCUT2D eigenvalue weighted by Crippen LogP contribution is 2.05. The van der Waals surface area contributed by atoms with Gasteiger partial charge in [-0.1, -0.05) is 6.92 Å². The average molecular weight is 239 g/mol. The van der Waals surface area contributed by atoms with Crippen LogP contribution in [0, 0.1) is 5.92 Å². The quantitative estimate of drug-likeness (QED) is 0.708. The molecule has 2 atom stereocenters. The number of carbonyl (C=O) groups is 2. The third kappa shape index (κ3) is 3.30. The molecule has 6 heteroatoms. The molecule has 0 saturated heterocycles. The average Bonchev–Trinajstić information content (AvgIpc) is 2.76. The number of hydrogen-bond donors (Lipinski definition) is 3. The van der Waals surface area contributed by atoms with Gasteiger partial charge in [0.15, 0.2) is 0 Å². The van der Waals surface area contributed by atoms with Gasteiger partial charge >= 0.3 is 5.97 Å². The van der Waals surface area contributed by atoms with Gasteiger partial charge < -0.3 is 10.4 Å². The van der Waals surface area contributed by atoms with Crippen LogP contribution in [-0.4, -0.2) is 33.2 Å². The van der Waals surface area contributed by atoms with Crippen LogP contribution < -0.4 is 5.32 Å². The molecule has 17 heavy (non-hydrogen) atoms. The molecular weight excluding hydrogens is 222 g/mol. The maximum atomic E-state index is 11.7. The molecule has 0 aliphatic rings. The van der Waals surface area contributed by atoms with E-state index in [1.165, 1.54) is 0 Å². The summed E-state index contributed by atoms with van der Waals surface area (Å²) in [5.41, 5.74) is 1.15. The third-order valence-corrected chi connectivity index (χ3v) is 2.74. The zero-order valence-corrected chi connectivity index (χ0v) is 10.2. The van der Waals surface area contributed by atoms with Crippen molar-refractivity contribution in [2.75, 3.05) is 0 Å². The van der Waals surface area contributed by atoms with E-state index < -0.39 is 17.9 Å². The molecule has 94 valence electrons. The Bertz CT molecular complexity index is 414. The Hall–Kier alpha value is -1.85. The fraction of sp³-hybridized carbons (Fsp3) is 0.545. The van der Waals surface area contributed by atoms with E-state index in [1.807, 2.05) is 6.92 Å². The van der Waals surface area contributed by atoms with E-state index in [1.54, 1.807) is 19.9 Å². The second-order valence-electron chi connectivity index (χ2n) is 4.02. The van der Waals surface area contributed by atoms with Gasteiger partial charge in [0.25, 0.3) is 5.91 Å². The van der Waals surface area contributed by atoms with Crippen LogP contribution in [0.3, 0.4) is 0 Å². The Balaban J connectivity index is 2.63. The summed E-state index contributed by atoms with van der Waals surface area (Å²) in [6.07, 6.45) is 0.765. The highest BCUT2D eigenvalue weighted by molar-refractivity contribution is 5.92. The number of aromatic amines is 1. The molecular formula is C11H17N3O3. The number of carbonyl (C=O) groups excluding carboxylic acids is 1. The molecule has 1 rings (SSSR count). The van der Waals surface area contributed by atoms with Gasteiger partial charge in [-0.2, -0.15) is 5.10 Å². The molecule has 0 radical (unpaired) electrons. The number of nitrogens with one attached hydrogen (secondary N) is 2. The maximum Gasteiger partial charge on any atom is 0.308 e. The van der Waals surface area contributed by atoms with Crippen LogP contribution in [0.15, 0.2) is 6.07 Å². The van der Waals surface area contributed by atoms with Crippen LogP contribution in [0.25, 0.3) is 0 Å². The summed E-state index contributed by atoms with van der Waals surface area (Å²) in [5, 5.41) is 18.0. The van der Waals surface area contributed by atoms with Gasteiger partial charge in [-0.3, -0.25) is 14.7 Å². The van der Waals surface area contributed by atoms with Gasteiger partial charge in [0.2, 0.25) is 0 Å². The van der Waals surface area contributed by atoms with Gasteiger partial charge in [-0.05, 0) is 26.3 Å². The van der Waals surface area contributed by atoms with Crippen LogP contribution in [0.4, 0.5) is 0 Å². The van der Waals surface area contributed by atoms with Crippen molar-refractivity contribution in [1.82, 2.24) is 15.5 Å². The van der Waals surface area contributed by atoms with E-state index in [0.29, 0.717) is 0 Å². The minimum absolute atomic E-state index is 0.284. The second kappa shape index (κ2) is 5.47. The molecule has 6 nitrogen and oxygen atoms in total.